The number of carbonyl (C=O) groups excluding carboxylic acids is 1. The summed E-state index contributed by atoms with van der Waals surface area (Å²) in [7, 11) is 0. The SMILES string of the molecule is NC(=O)Oc1nncnn1. The summed E-state index contributed by atoms with van der Waals surface area (Å²) in [5, 5.41) is 13.1. The first kappa shape index (κ1) is 6.33. The molecule has 0 spiro atoms. The van der Waals surface area contributed by atoms with Crippen LogP contribution >= 0.6 is 0 Å². The molecule has 0 bridgehead atoms. The molecule has 0 radical (unpaired) electrons. The molecule has 1 rings (SSSR count). The van der Waals surface area contributed by atoms with Crippen LogP contribution in [0.2, 0.25) is 0 Å². The second-order valence-corrected chi connectivity index (χ2v) is 1.25. The lowest BCUT2D eigenvalue weighted by molar-refractivity contribution is 0.205. The number of hydrogen-bond donors (Lipinski definition) is 1. The Hall–Kier alpha value is -1.79. The van der Waals surface area contributed by atoms with Crippen LogP contribution < -0.4 is 10.5 Å². The highest BCUT2D eigenvalue weighted by molar-refractivity contribution is 5.66. The van der Waals surface area contributed by atoms with E-state index in [9.17, 15) is 4.79 Å². The largest absolute Gasteiger partial charge is 0.412 e. The molecule has 10 heavy (non-hydrogen) atoms. The van der Waals surface area contributed by atoms with Crippen molar-refractivity contribution in [3.63, 3.8) is 0 Å². The molecule has 0 unspecified atom stereocenters. The van der Waals surface area contributed by atoms with Gasteiger partial charge in [0.25, 0.3) is 0 Å². The minimum Gasteiger partial charge on any atom is -0.372 e. The van der Waals surface area contributed by atoms with E-state index in [-0.39, 0.29) is 6.01 Å². The number of ether oxygens (including phenoxy) is 1. The van der Waals surface area contributed by atoms with Gasteiger partial charge in [-0.15, -0.1) is 10.2 Å². The molecular formula is C3H3N5O2. The molecule has 0 aliphatic rings. The molecule has 0 saturated carbocycles. The van der Waals surface area contributed by atoms with Crippen molar-refractivity contribution < 1.29 is 9.53 Å². The summed E-state index contributed by atoms with van der Waals surface area (Å²) in [6.07, 6.45) is 0.114. The second kappa shape index (κ2) is 2.67. The maximum absolute atomic E-state index is 10.0. The van der Waals surface area contributed by atoms with Gasteiger partial charge >= 0.3 is 12.1 Å². The molecule has 0 saturated heterocycles. The third-order valence-electron chi connectivity index (χ3n) is 0.582. The molecule has 1 aromatic rings. The van der Waals surface area contributed by atoms with E-state index < -0.39 is 6.09 Å². The molecule has 0 aliphatic heterocycles. The van der Waals surface area contributed by atoms with Gasteiger partial charge in [0.15, 0.2) is 6.33 Å². The summed E-state index contributed by atoms with van der Waals surface area (Å²) in [4.78, 5) is 10.0. The maximum atomic E-state index is 10.0. The van der Waals surface area contributed by atoms with Crippen molar-refractivity contribution >= 4 is 6.09 Å². The van der Waals surface area contributed by atoms with Gasteiger partial charge in [0.05, 0.1) is 0 Å². The van der Waals surface area contributed by atoms with E-state index in [2.05, 4.69) is 30.9 Å². The van der Waals surface area contributed by atoms with Gasteiger partial charge < -0.3 is 10.5 Å². The quantitative estimate of drug-likeness (QED) is 0.522. The Morgan fingerprint density at radius 2 is 2.10 bits per heavy atom. The first-order valence-corrected chi connectivity index (χ1v) is 2.26. The Labute approximate surface area is 55.2 Å². The lowest BCUT2D eigenvalue weighted by atomic mass is 11.1. The number of primary amides is 1. The van der Waals surface area contributed by atoms with Gasteiger partial charge in [0, 0.05) is 0 Å². The predicted molar refractivity (Wildman–Crippen MR) is 27.8 cm³/mol. The van der Waals surface area contributed by atoms with Gasteiger partial charge in [0.1, 0.15) is 0 Å². The molecular weight excluding hydrogens is 138 g/mol. The summed E-state index contributed by atoms with van der Waals surface area (Å²) in [6, 6.07) is -0.255. The van der Waals surface area contributed by atoms with Crippen LogP contribution in [-0.4, -0.2) is 26.5 Å². The second-order valence-electron chi connectivity index (χ2n) is 1.25. The van der Waals surface area contributed by atoms with Crippen LogP contribution in [-0.2, 0) is 0 Å². The number of rotatable bonds is 1. The summed E-state index contributed by atoms with van der Waals surface area (Å²) >= 11 is 0. The highest BCUT2D eigenvalue weighted by atomic mass is 16.6. The average Bonchev–Trinajstić information content (AvgIpc) is 1.88. The van der Waals surface area contributed by atoms with Crippen molar-refractivity contribution in [3.05, 3.63) is 6.33 Å². The van der Waals surface area contributed by atoms with E-state index in [1.165, 1.54) is 0 Å². The Morgan fingerprint density at radius 1 is 1.50 bits per heavy atom. The van der Waals surface area contributed by atoms with Gasteiger partial charge in [-0.3, -0.25) is 0 Å². The molecule has 52 valence electrons. The van der Waals surface area contributed by atoms with Crippen LogP contribution in [0.4, 0.5) is 4.79 Å². The summed E-state index contributed by atoms with van der Waals surface area (Å²) in [5.41, 5.74) is 4.63. The van der Waals surface area contributed by atoms with Gasteiger partial charge in [-0.2, -0.15) is 0 Å². The van der Waals surface area contributed by atoms with E-state index in [1.54, 1.807) is 0 Å². The minimum absolute atomic E-state index is 0.255. The van der Waals surface area contributed by atoms with Crippen LogP contribution in [0.3, 0.4) is 0 Å². The Bertz CT molecular complexity index is 224. The summed E-state index contributed by atoms with van der Waals surface area (Å²) < 4.78 is 4.21. The first-order valence-electron chi connectivity index (χ1n) is 2.26. The molecule has 1 amide bonds. The zero-order valence-electron chi connectivity index (χ0n) is 4.76. The number of hydrogen-bond acceptors (Lipinski definition) is 6. The summed E-state index contributed by atoms with van der Waals surface area (Å²) in [6.45, 7) is 0. The standard InChI is InChI=1S/C3H3N5O2/c4-2(9)10-3-7-5-1-6-8-3/h1H,(H2,4,9). The van der Waals surface area contributed by atoms with E-state index in [4.69, 9.17) is 0 Å². The maximum Gasteiger partial charge on any atom is 0.412 e. The molecule has 0 fully saturated rings. The Kier molecular flexibility index (Phi) is 1.69. The third kappa shape index (κ3) is 1.62. The van der Waals surface area contributed by atoms with E-state index in [0.717, 1.165) is 6.33 Å². The molecule has 2 N–H and O–H groups in total. The average molecular weight is 141 g/mol. The van der Waals surface area contributed by atoms with Crippen molar-refractivity contribution in [3.8, 4) is 6.01 Å². The van der Waals surface area contributed by atoms with Gasteiger partial charge in [-0.25, -0.2) is 4.79 Å². The lowest BCUT2D eigenvalue weighted by Gasteiger charge is -1.91. The number of carbonyl (C=O) groups is 1. The summed E-state index contributed by atoms with van der Waals surface area (Å²) in [5.74, 6) is 0. The van der Waals surface area contributed by atoms with Crippen LogP contribution in [0.15, 0.2) is 6.33 Å². The van der Waals surface area contributed by atoms with Crippen LogP contribution in [0.25, 0.3) is 0 Å². The predicted octanol–water partition coefficient (Wildman–Crippen LogP) is -1.28. The normalized spacial score (nSPS) is 8.80. The highest BCUT2D eigenvalue weighted by Crippen LogP contribution is 1.91. The Morgan fingerprint density at radius 3 is 2.60 bits per heavy atom. The van der Waals surface area contributed by atoms with Crippen molar-refractivity contribution in [2.24, 2.45) is 5.73 Å². The topological polar surface area (TPSA) is 104 Å². The van der Waals surface area contributed by atoms with Crippen molar-refractivity contribution in [1.29, 1.82) is 0 Å². The molecule has 1 heterocycles. The van der Waals surface area contributed by atoms with Crippen LogP contribution in [0, 0.1) is 0 Å². The monoisotopic (exact) mass is 141 g/mol. The fraction of sp³-hybridized carbons (Fsp3) is 0. The van der Waals surface area contributed by atoms with Gasteiger partial charge in [0.2, 0.25) is 0 Å². The number of nitrogens with zero attached hydrogens (tertiary/aromatic N) is 4. The number of nitrogens with two attached hydrogens (primary N) is 1. The fourth-order valence-electron chi connectivity index (χ4n) is 0.324. The fourth-order valence-corrected chi connectivity index (χ4v) is 0.324. The van der Waals surface area contributed by atoms with E-state index in [1.807, 2.05) is 0 Å². The van der Waals surface area contributed by atoms with E-state index in [0.29, 0.717) is 0 Å². The van der Waals surface area contributed by atoms with Gasteiger partial charge in [-0.1, -0.05) is 10.2 Å². The van der Waals surface area contributed by atoms with Crippen LogP contribution in [0.1, 0.15) is 0 Å². The number of amides is 1. The number of aromatic nitrogens is 4. The smallest absolute Gasteiger partial charge is 0.372 e. The molecule has 0 atom stereocenters. The van der Waals surface area contributed by atoms with Crippen LogP contribution in [0.5, 0.6) is 6.01 Å². The molecule has 0 aromatic carbocycles. The first-order chi connectivity index (χ1) is 4.79. The van der Waals surface area contributed by atoms with Crippen molar-refractivity contribution in [2.75, 3.05) is 0 Å². The highest BCUT2D eigenvalue weighted by Gasteiger charge is 1.99. The lowest BCUT2D eigenvalue weighted by Crippen LogP contribution is -2.18. The Balaban J connectivity index is 2.67. The molecule has 0 aliphatic carbocycles. The van der Waals surface area contributed by atoms with Crippen molar-refractivity contribution in [2.45, 2.75) is 0 Å². The third-order valence-corrected chi connectivity index (χ3v) is 0.582. The van der Waals surface area contributed by atoms with Crippen molar-refractivity contribution in [1.82, 2.24) is 20.4 Å². The molecule has 7 nitrogen and oxygen atoms in total. The van der Waals surface area contributed by atoms with E-state index >= 15 is 0 Å². The zero-order chi connectivity index (χ0) is 7.40. The zero-order valence-corrected chi connectivity index (χ0v) is 4.76. The molecule has 7 heteroatoms. The minimum atomic E-state index is -0.991. The van der Waals surface area contributed by atoms with Gasteiger partial charge in [-0.05, 0) is 0 Å². The molecule has 1 aromatic heterocycles.